The van der Waals surface area contributed by atoms with Crippen LogP contribution in [0.5, 0.6) is 5.75 Å². The van der Waals surface area contributed by atoms with Crippen LogP contribution >= 0.6 is 0 Å². The summed E-state index contributed by atoms with van der Waals surface area (Å²) in [6, 6.07) is 12.7. The van der Waals surface area contributed by atoms with Gasteiger partial charge in [0.25, 0.3) is 5.69 Å². The van der Waals surface area contributed by atoms with E-state index >= 15 is 0 Å². The van der Waals surface area contributed by atoms with Crippen molar-refractivity contribution >= 4 is 16.6 Å². The number of halogens is 1. The van der Waals surface area contributed by atoms with Crippen LogP contribution < -0.4 is 4.74 Å². The van der Waals surface area contributed by atoms with Gasteiger partial charge < -0.3 is 9.30 Å². The van der Waals surface area contributed by atoms with Crippen molar-refractivity contribution in [3.05, 3.63) is 70.7 Å². The highest BCUT2D eigenvalue weighted by Gasteiger charge is 2.13. The zero-order valence-electron chi connectivity index (χ0n) is 12.3. The molecule has 0 aliphatic heterocycles. The van der Waals surface area contributed by atoms with E-state index in [1.807, 2.05) is 16.8 Å². The van der Waals surface area contributed by atoms with Gasteiger partial charge in [-0.25, -0.2) is 4.39 Å². The molecule has 0 fully saturated rings. The summed E-state index contributed by atoms with van der Waals surface area (Å²) in [6.07, 6.45) is 2.58. The third-order valence-electron chi connectivity index (χ3n) is 3.61. The quantitative estimate of drug-likeness (QED) is 0.390. The molecular formula is C17H15FN2O3. The minimum Gasteiger partial charge on any atom is -0.494 e. The molecule has 0 atom stereocenters. The Hall–Kier alpha value is -2.89. The van der Waals surface area contributed by atoms with E-state index in [0.29, 0.717) is 24.3 Å². The molecule has 0 N–H and O–H groups in total. The summed E-state index contributed by atoms with van der Waals surface area (Å²) >= 11 is 0. The molecule has 6 heteroatoms. The smallest absolute Gasteiger partial charge is 0.278 e. The lowest BCUT2D eigenvalue weighted by atomic mass is 10.2. The number of rotatable bonds is 6. The number of non-ortho nitro benzene ring substituents is 1. The zero-order valence-corrected chi connectivity index (χ0v) is 12.3. The molecule has 0 saturated carbocycles. The second-order valence-corrected chi connectivity index (χ2v) is 5.13. The number of benzene rings is 2. The van der Waals surface area contributed by atoms with Crippen molar-refractivity contribution in [2.45, 2.75) is 13.0 Å². The monoisotopic (exact) mass is 314 g/mol. The van der Waals surface area contributed by atoms with Crippen LogP contribution in [0.4, 0.5) is 10.1 Å². The minimum absolute atomic E-state index is 0.115. The summed E-state index contributed by atoms with van der Waals surface area (Å²) in [6.45, 7) is 1.17. The van der Waals surface area contributed by atoms with Crippen LogP contribution in [0.25, 0.3) is 10.9 Å². The Morgan fingerprint density at radius 1 is 1.13 bits per heavy atom. The Morgan fingerprint density at radius 3 is 2.65 bits per heavy atom. The molecule has 1 aromatic heterocycles. The lowest BCUT2D eigenvalue weighted by Crippen LogP contribution is -2.03. The molecule has 0 bridgehead atoms. The molecule has 0 spiro atoms. The molecule has 118 valence electrons. The maximum atomic E-state index is 12.8. The highest BCUT2D eigenvalue weighted by atomic mass is 19.1. The minimum atomic E-state index is -0.371. The Bertz CT molecular complexity index is 827. The number of ether oxygens (including phenoxy) is 1. The van der Waals surface area contributed by atoms with Crippen molar-refractivity contribution in [1.82, 2.24) is 4.57 Å². The summed E-state index contributed by atoms with van der Waals surface area (Å²) in [5, 5.41) is 11.7. The van der Waals surface area contributed by atoms with Crippen molar-refractivity contribution in [2.75, 3.05) is 6.61 Å². The number of nitro benzene ring substituents is 1. The van der Waals surface area contributed by atoms with Crippen LogP contribution in [0.2, 0.25) is 0 Å². The number of aromatic nitrogens is 1. The van der Waals surface area contributed by atoms with Crippen LogP contribution in [0, 0.1) is 15.9 Å². The molecule has 0 unspecified atom stereocenters. The van der Waals surface area contributed by atoms with Gasteiger partial charge >= 0.3 is 0 Å². The Morgan fingerprint density at radius 2 is 1.91 bits per heavy atom. The van der Waals surface area contributed by atoms with E-state index < -0.39 is 0 Å². The van der Waals surface area contributed by atoms with Gasteiger partial charge in [-0.15, -0.1) is 0 Å². The molecule has 3 aromatic rings. The van der Waals surface area contributed by atoms with E-state index in [1.165, 1.54) is 18.2 Å². The highest BCUT2D eigenvalue weighted by Crippen LogP contribution is 2.26. The molecular weight excluding hydrogens is 299 g/mol. The first kappa shape index (κ1) is 15.0. The summed E-state index contributed by atoms with van der Waals surface area (Å²) in [4.78, 5) is 10.6. The predicted octanol–water partition coefficient (Wildman–Crippen LogP) is 4.16. The normalized spacial score (nSPS) is 10.8. The van der Waals surface area contributed by atoms with E-state index in [4.69, 9.17) is 4.74 Å². The molecule has 0 saturated heterocycles. The fraction of sp³-hybridized carbons (Fsp3) is 0.176. The van der Waals surface area contributed by atoms with Gasteiger partial charge in [0.05, 0.1) is 22.4 Å². The Labute approximate surface area is 132 Å². The van der Waals surface area contributed by atoms with Gasteiger partial charge in [0.1, 0.15) is 11.6 Å². The first-order valence-corrected chi connectivity index (χ1v) is 7.26. The number of aryl methyl sites for hydroxylation is 1. The molecule has 23 heavy (non-hydrogen) atoms. The van der Waals surface area contributed by atoms with Gasteiger partial charge in [0, 0.05) is 18.8 Å². The second-order valence-electron chi connectivity index (χ2n) is 5.13. The molecule has 3 rings (SSSR count). The summed E-state index contributed by atoms with van der Waals surface area (Å²) in [5.74, 6) is 0.331. The fourth-order valence-electron chi connectivity index (χ4n) is 2.52. The zero-order chi connectivity index (χ0) is 16.2. The summed E-state index contributed by atoms with van der Waals surface area (Å²) in [5.41, 5.74) is 0.949. The number of hydrogen-bond acceptors (Lipinski definition) is 3. The van der Waals surface area contributed by atoms with Crippen molar-refractivity contribution in [1.29, 1.82) is 0 Å². The molecule has 0 radical (unpaired) electrons. The average molecular weight is 314 g/mol. The lowest BCUT2D eigenvalue weighted by molar-refractivity contribution is -0.383. The first-order valence-electron chi connectivity index (χ1n) is 7.26. The largest absolute Gasteiger partial charge is 0.494 e. The molecule has 5 nitrogen and oxygen atoms in total. The van der Waals surface area contributed by atoms with Crippen LogP contribution in [0.1, 0.15) is 6.42 Å². The Balaban J connectivity index is 1.62. The van der Waals surface area contributed by atoms with Gasteiger partial charge in [-0.3, -0.25) is 10.1 Å². The van der Waals surface area contributed by atoms with E-state index in [-0.39, 0.29) is 16.4 Å². The predicted molar refractivity (Wildman–Crippen MR) is 85.1 cm³/mol. The topological polar surface area (TPSA) is 57.3 Å². The summed E-state index contributed by atoms with van der Waals surface area (Å²) < 4.78 is 20.3. The van der Waals surface area contributed by atoms with Gasteiger partial charge in [0.2, 0.25) is 0 Å². The van der Waals surface area contributed by atoms with Crippen LogP contribution in [-0.4, -0.2) is 16.1 Å². The van der Waals surface area contributed by atoms with Crippen molar-refractivity contribution in [2.24, 2.45) is 0 Å². The SMILES string of the molecule is O=[N+]([O-])c1cccc2c1ccn2CCCOc1ccc(F)cc1. The third-order valence-corrected chi connectivity index (χ3v) is 3.61. The molecule has 0 amide bonds. The molecule has 0 aliphatic rings. The van der Waals surface area contributed by atoms with Gasteiger partial charge in [-0.1, -0.05) is 6.07 Å². The molecule has 0 aliphatic carbocycles. The maximum absolute atomic E-state index is 12.8. The first-order chi connectivity index (χ1) is 11.1. The van der Waals surface area contributed by atoms with Crippen molar-refractivity contribution < 1.29 is 14.1 Å². The van der Waals surface area contributed by atoms with Crippen molar-refractivity contribution in [3.8, 4) is 5.75 Å². The van der Waals surface area contributed by atoms with E-state index in [2.05, 4.69) is 0 Å². The van der Waals surface area contributed by atoms with Crippen LogP contribution in [-0.2, 0) is 6.54 Å². The standard InChI is InChI=1S/C17H15FN2O3/c18-13-5-7-14(8-6-13)23-12-2-10-19-11-9-15-16(19)3-1-4-17(15)20(21)22/h1,3-9,11H,2,10,12H2. The number of hydrogen-bond donors (Lipinski definition) is 0. The van der Waals surface area contributed by atoms with E-state index in [9.17, 15) is 14.5 Å². The Kier molecular flexibility index (Phi) is 4.23. The van der Waals surface area contributed by atoms with E-state index in [1.54, 1.807) is 24.3 Å². The van der Waals surface area contributed by atoms with Gasteiger partial charge in [-0.2, -0.15) is 0 Å². The fourth-order valence-corrected chi connectivity index (χ4v) is 2.52. The van der Waals surface area contributed by atoms with E-state index in [0.717, 1.165) is 11.9 Å². The molecule has 2 aromatic carbocycles. The van der Waals surface area contributed by atoms with Crippen LogP contribution in [0.3, 0.4) is 0 Å². The second kappa shape index (κ2) is 6.48. The lowest BCUT2D eigenvalue weighted by Gasteiger charge is -2.08. The summed E-state index contributed by atoms with van der Waals surface area (Å²) in [7, 11) is 0. The molecule has 1 heterocycles. The maximum Gasteiger partial charge on any atom is 0.278 e. The average Bonchev–Trinajstić information content (AvgIpc) is 2.96. The number of fused-ring (bicyclic) bond motifs is 1. The van der Waals surface area contributed by atoms with Gasteiger partial charge in [0.15, 0.2) is 0 Å². The number of nitrogens with zero attached hydrogens (tertiary/aromatic N) is 2. The van der Waals surface area contributed by atoms with Gasteiger partial charge in [-0.05, 0) is 42.8 Å². The van der Waals surface area contributed by atoms with Crippen molar-refractivity contribution in [3.63, 3.8) is 0 Å². The van der Waals surface area contributed by atoms with Crippen LogP contribution in [0.15, 0.2) is 54.7 Å². The number of nitro groups is 1. The highest BCUT2D eigenvalue weighted by molar-refractivity contribution is 5.89. The third kappa shape index (κ3) is 3.31.